The molecule has 0 saturated heterocycles. The van der Waals surface area contributed by atoms with Gasteiger partial charge < -0.3 is 26.0 Å². The second-order valence-electron chi connectivity index (χ2n) is 6.12. The fraction of sp³-hybridized carbons (Fsp3) is 0.333. The van der Waals surface area contributed by atoms with E-state index in [1.807, 2.05) is 24.3 Å². The first-order valence-electron chi connectivity index (χ1n) is 8.54. The van der Waals surface area contributed by atoms with Crippen LogP contribution in [0.15, 0.2) is 30.5 Å². The number of hydrogen-bond donors (Lipinski definition) is 6. The highest BCUT2D eigenvalue weighted by Crippen LogP contribution is 2.19. The maximum Gasteiger partial charge on any atom is 0.305 e. The number of aromatic nitrogens is 1. The summed E-state index contributed by atoms with van der Waals surface area (Å²) in [7, 11) is 1.44. The van der Waals surface area contributed by atoms with E-state index in [4.69, 9.17) is 5.11 Å². The zero-order valence-corrected chi connectivity index (χ0v) is 16.1. The molecule has 28 heavy (non-hydrogen) atoms. The Morgan fingerprint density at radius 1 is 1.11 bits per heavy atom. The smallest absolute Gasteiger partial charge is 0.305 e. The molecule has 0 saturated carbocycles. The summed E-state index contributed by atoms with van der Waals surface area (Å²) in [4.78, 5) is 50.5. The van der Waals surface area contributed by atoms with Gasteiger partial charge in [0.25, 0.3) is 0 Å². The van der Waals surface area contributed by atoms with E-state index in [-0.39, 0.29) is 12.2 Å². The summed E-state index contributed by atoms with van der Waals surface area (Å²) in [5.74, 6) is -3.23. The minimum atomic E-state index is -1.31. The van der Waals surface area contributed by atoms with Gasteiger partial charge in [-0.3, -0.25) is 19.2 Å². The molecule has 1 aromatic heterocycles. The Kier molecular flexibility index (Phi) is 7.44. The van der Waals surface area contributed by atoms with Crippen LogP contribution >= 0.6 is 12.6 Å². The number of aromatic amines is 1. The summed E-state index contributed by atoms with van der Waals surface area (Å²) in [6, 6.07) is 5.27. The van der Waals surface area contributed by atoms with Crippen molar-refractivity contribution in [2.24, 2.45) is 0 Å². The number of hydrogen-bond acceptors (Lipinski definition) is 5. The van der Waals surface area contributed by atoms with Crippen molar-refractivity contribution in [3.63, 3.8) is 0 Å². The molecule has 0 aliphatic heterocycles. The molecular weight excluding hydrogens is 384 g/mol. The van der Waals surface area contributed by atoms with Crippen molar-refractivity contribution >= 4 is 47.2 Å². The molecule has 2 aromatic rings. The Morgan fingerprint density at radius 3 is 2.46 bits per heavy atom. The number of para-hydroxylation sites is 1. The highest BCUT2D eigenvalue weighted by Gasteiger charge is 2.28. The maximum absolute atomic E-state index is 12.6. The first-order chi connectivity index (χ1) is 13.3. The molecule has 150 valence electrons. The first kappa shape index (κ1) is 21.3. The molecule has 0 aliphatic carbocycles. The van der Waals surface area contributed by atoms with Gasteiger partial charge in [-0.05, 0) is 11.6 Å². The predicted octanol–water partition coefficient (Wildman–Crippen LogP) is -0.170. The van der Waals surface area contributed by atoms with Crippen LogP contribution in [0.4, 0.5) is 0 Å². The highest BCUT2D eigenvalue weighted by atomic mass is 32.1. The molecule has 0 bridgehead atoms. The molecule has 10 heteroatoms. The van der Waals surface area contributed by atoms with E-state index in [1.54, 1.807) is 6.20 Å². The van der Waals surface area contributed by atoms with Crippen LogP contribution in [0.5, 0.6) is 0 Å². The van der Waals surface area contributed by atoms with Crippen LogP contribution in [-0.2, 0) is 25.6 Å². The minimum Gasteiger partial charge on any atom is -0.481 e. The SMILES string of the molecule is CNC(=O)[C@H](Cc1c[nH]c2ccccc12)NC(=O)[C@H](CC(=O)O)NC(=O)CS. The van der Waals surface area contributed by atoms with Gasteiger partial charge in [0.1, 0.15) is 12.1 Å². The number of carbonyl (C=O) groups is 4. The number of nitrogens with one attached hydrogen (secondary N) is 4. The van der Waals surface area contributed by atoms with Gasteiger partial charge in [-0.15, -0.1) is 0 Å². The fourth-order valence-electron chi connectivity index (χ4n) is 2.80. The molecule has 1 aromatic carbocycles. The largest absolute Gasteiger partial charge is 0.481 e. The number of carboxylic acids is 1. The number of thiol groups is 1. The highest BCUT2D eigenvalue weighted by molar-refractivity contribution is 7.81. The summed E-state index contributed by atoms with van der Waals surface area (Å²) >= 11 is 3.80. The Morgan fingerprint density at radius 2 is 1.82 bits per heavy atom. The van der Waals surface area contributed by atoms with Crippen molar-refractivity contribution in [3.05, 3.63) is 36.0 Å². The van der Waals surface area contributed by atoms with Gasteiger partial charge in [0.05, 0.1) is 12.2 Å². The van der Waals surface area contributed by atoms with Gasteiger partial charge in [-0.25, -0.2) is 0 Å². The summed E-state index contributed by atoms with van der Waals surface area (Å²) in [5.41, 5.74) is 1.71. The molecule has 0 spiro atoms. The van der Waals surface area contributed by atoms with E-state index in [1.165, 1.54) is 7.05 Å². The van der Waals surface area contributed by atoms with Crippen LogP contribution in [0, 0.1) is 0 Å². The lowest BCUT2D eigenvalue weighted by Gasteiger charge is -2.21. The molecule has 2 rings (SSSR count). The normalized spacial score (nSPS) is 12.8. The molecule has 0 aliphatic rings. The quantitative estimate of drug-likeness (QED) is 0.321. The van der Waals surface area contributed by atoms with Gasteiger partial charge in [-0.2, -0.15) is 12.6 Å². The Bertz CT molecular complexity index is 882. The second-order valence-corrected chi connectivity index (χ2v) is 6.43. The lowest BCUT2D eigenvalue weighted by Crippen LogP contribution is -2.54. The van der Waals surface area contributed by atoms with Crippen molar-refractivity contribution in [2.45, 2.75) is 24.9 Å². The first-order valence-corrected chi connectivity index (χ1v) is 9.18. The molecule has 2 atom stereocenters. The molecule has 3 amide bonds. The van der Waals surface area contributed by atoms with E-state index in [9.17, 15) is 19.2 Å². The number of carbonyl (C=O) groups excluding carboxylic acids is 3. The van der Waals surface area contributed by atoms with E-state index in [0.717, 1.165) is 16.5 Å². The van der Waals surface area contributed by atoms with Crippen LogP contribution in [0.25, 0.3) is 10.9 Å². The van der Waals surface area contributed by atoms with Gasteiger partial charge in [0.15, 0.2) is 0 Å². The third kappa shape index (κ3) is 5.49. The molecule has 0 unspecified atom stereocenters. The number of aliphatic carboxylic acids is 1. The molecule has 0 radical (unpaired) electrons. The Labute approximate surface area is 166 Å². The number of rotatable bonds is 9. The van der Waals surface area contributed by atoms with Crippen LogP contribution in [0.2, 0.25) is 0 Å². The van der Waals surface area contributed by atoms with E-state index >= 15 is 0 Å². The van der Waals surface area contributed by atoms with Crippen LogP contribution < -0.4 is 16.0 Å². The third-order valence-corrected chi connectivity index (χ3v) is 4.44. The van der Waals surface area contributed by atoms with Gasteiger partial charge in [0, 0.05) is 30.6 Å². The molecular formula is C18H22N4O5S. The predicted molar refractivity (Wildman–Crippen MR) is 106 cm³/mol. The van der Waals surface area contributed by atoms with Crippen molar-refractivity contribution in [1.82, 2.24) is 20.9 Å². The topological polar surface area (TPSA) is 140 Å². The van der Waals surface area contributed by atoms with E-state index in [0.29, 0.717) is 0 Å². The lowest BCUT2D eigenvalue weighted by molar-refractivity contribution is -0.140. The van der Waals surface area contributed by atoms with E-state index in [2.05, 4.69) is 33.6 Å². The Hall–Kier alpha value is -3.01. The number of fused-ring (bicyclic) bond motifs is 1. The van der Waals surface area contributed by atoms with Gasteiger partial charge in [-0.1, -0.05) is 18.2 Å². The number of H-pyrrole nitrogens is 1. The summed E-state index contributed by atoms with van der Waals surface area (Å²) in [6.45, 7) is 0. The lowest BCUT2D eigenvalue weighted by atomic mass is 10.0. The number of amides is 3. The average Bonchev–Trinajstić information content (AvgIpc) is 3.08. The van der Waals surface area contributed by atoms with Crippen molar-refractivity contribution in [2.75, 3.05) is 12.8 Å². The van der Waals surface area contributed by atoms with Crippen molar-refractivity contribution in [3.8, 4) is 0 Å². The minimum absolute atomic E-state index is 0.190. The number of carboxylic acid groups (broad SMARTS) is 1. The zero-order chi connectivity index (χ0) is 20.7. The van der Waals surface area contributed by atoms with Gasteiger partial charge in [0.2, 0.25) is 17.7 Å². The number of benzene rings is 1. The molecule has 0 fully saturated rings. The van der Waals surface area contributed by atoms with Crippen LogP contribution in [-0.4, -0.2) is 58.7 Å². The molecule has 5 N–H and O–H groups in total. The summed E-state index contributed by atoms with van der Waals surface area (Å²) < 4.78 is 0. The number of likely N-dealkylation sites (N-methyl/N-ethyl adjacent to an activating group) is 1. The van der Waals surface area contributed by atoms with Crippen LogP contribution in [0.3, 0.4) is 0 Å². The summed E-state index contributed by atoms with van der Waals surface area (Å²) in [5, 5.41) is 17.2. The Balaban J connectivity index is 2.19. The maximum atomic E-state index is 12.6. The van der Waals surface area contributed by atoms with E-state index < -0.39 is 42.2 Å². The van der Waals surface area contributed by atoms with Crippen molar-refractivity contribution < 1.29 is 24.3 Å². The monoisotopic (exact) mass is 406 g/mol. The molecule has 9 nitrogen and oxygen atoms in total. The van der Waals surface area contributed by atoms with Gasteiger partial charge >= 0.3 is 5.97 Å². The fourth-order valence-corrected chi connectivity index (χ4v) is 2.89. The average molecular weight is 406 g/mol. The van der Waals surface area contributed by atoms with Crippen molar-refractivity contribution in [1.29, 1.82) is 0 Å². The standard InChI is InChI=1S/C18H22N4O5S/c1-19-17(26)13(6-10-8-20-12-5-3-2-4-11(10)12)22-18(27)14(7-16(24)25)21-15(23)9-28/h2-5,8,13-14,20,28H,6-7,9H2,1H3,(H,19,26)(H,21,23)(H,22,27)(H,24,25)/t13-,14-/m0/s1. The third-order valence-electron chi connectivity index (χ3n) is 4.15. The zero-order valence-electron chi connectivity index (χ0n) is 15.2. The van der Waals surface area contributed by atoms with Crippen LogP contribution in [0.1, 0.15) is 12.0 Å². The second kappa shape index (κ2) is 9.79. The molecule has 1 heterocycles. The summed E-state index contributed by atoms with van der Waals surface area (Å²) in [6.07, 6.45) is 1.33.